The molecule has 0 saturated heterocycles. The smallest absolute Gasteiger partial charge is 0.255 e. The van der Waals surface area contributed by atoms with Crippen molar-refractivity contribution >= 4 is 21.4 Å². The minimum atomic E-state index is -2.74. The van der Waals surface area contributed by atoms with Gasteiger partial charge in [0.2, 0.25) is 0 Å². The maximum Gasteiger partial charge on any atom is 0.255 e. The average Bonchev–Trinajstić information content (AvgIpc) is 3.23. The molecule has 2 atom stereocenters. The first-order chi connectivity index (χ1) is 14.7. The molecule has 0 bridgehead atoms. The van der Waals surface area contributed by atoms with E-state index in [1.54, 1.807) is 38.1 Å². The quantitative estimate of drug-likeness (QED) is 0.661. The predicted molar refractivity (Wildman–Crippen MR) is 126 cm³/mol. The third-order valence-corrected chi connectivity index (χ3v) is 7.63. The fourth-order valence-corrected chi connectivity index (χ4v) is 3.68. The van der Waals surface area contributed by atoms with Gasteiger partial charge in [-0.15, -0.1) is 0 Å². The van der Waals surface area contributed by atoms with Crippen molar-refractivity contribution in [1.29, 1.82) is 5.26 Å². The second-order valence-electron chi connectivity index (χ2n) is 8.35. The van der Waals surface area contributed by atoms with E-state index >= 15 is 0 Å². The maximum absolute atomic E-state index is 12.3. The Labute approximate surface area is 186 Å². The molecule has 1 saturated carbocycles. The van der Waals surface area contributed by atoms with Crippen LogP contribution in [0.5, 0.6) is 0 Å². The Bertz CT molecular complexity index is 1000. The van der Waals surface area contributed by atoms with E-state index in [0.29, 0.717) is 17.0 Å². The Hall–Kier alpha value is -2.65. The molecule has 31 heavy (non-hydrogen) atoms. The van der Waals surface area contributed by atoms with E-state index in [1.165, 1.54) is 37.5 Å². The van der Waals surface area contributed by atoms with Crippen molar-refractivity contribution < 1.29 is 13.2 Å². The second kappa shape index (κ2) is 11.1. The highest BCUT2D eigenvalue weighted by Gasteiger charge is 2.26. The van der Waals surface area contributed by atoms with E-state index in [1.807, 2.05) is 12.1 Å². The van der Waals surface area contributed by atoms with Gasteiger partial charge in [-0.1, -0.05) is 31.9 Å². The zero-order chi connectivity index (χ0) is 23.0. The van der Waals surface area contributed by atoms with Gasteiger partial charge in [0.05, 0.1) is 16.9 Å². The van der Waals surface area contributed by atoms with Crippen LogP contribution >= 0.6 is 0 Å². The number of carbonyl (C=O) groups excluding carboxylic acids is 1. The van der Waals surface area contributed by atoms with Crippen LogP contribution in [-0.4, -0.2) is 25.8 Å². The van der Waals surface area contributed by atoms with Gasteiger partial charge in [-0.05, 0) is 80.5 Å². The zero-order valence-corrected chi connectivity index (χ0v) is 19.6. The number of nitrogens with one attached hydrogen (secondary N) is 1. The van der Waals surface area contributed by atoms with Crippen LogP contribution in [0, 0.1) is 17.2 Å². The molecule has 0 heterocycles. The van der Waals surface area contributed by atoms with Crippen molar-refractivity contribution in [2.45, 2.75) is 57.6 Å². The summed E-state index contributed by atoms with van der Waals surface area (Å²) in [5.41, 5.74) is 3.30. The molecule has 1 N–H and O–H groups in total. The third-order valence-electron chi connectivity index (χ3n) is 5.91. The van der Waals surface area contributed by atoms with Crippen LogP contribution in [0.3, 0.4) is 0 Å². The average molecular weight is 441 g/mol. The van der Waals surface area contributed by atoms with Crippen LogP contribution in [0.25, 0.3) is 0 Å². The SMILES string of the molecule is CC(C)S(C)(=O)=O.CCC1CCCC1c1ccc(NC(=O)c2ccc(C#N)cc2)cc1. The number of anilines is 1. The first-order valence-corrected chi connectivity index (χ1v) is 12.7. The predicted octanol–water partition coefficient (Wildman–Crippen LogP) is 5.54. The summed E-state index contributed by atoms with van der Waals surface area (Å²) in [6.07, 6.45) is 6.40. The Balaban J connectivity index is 0.000000423. The van der Waals surface area contributed by atoms with Gasteiger partial charge < -0.3 is 5.32 Å². The maximum atomic E-state index is 12.3. The third kappa shape index (κ3) is 7.22. The lowest BCUT2D eigenvalue weighted by Gasteiger charge is -2.18. The summed E-state index contributed by atoms with van der Waals surface area (Å²) in [6.45, 7) is 5.60. The minimum absolute atomic E-state index is 0.153. The molecule has 2 unspecified atom stereocenters. The summed E-state index contributed by atoms with van der Waals surface area (Å²) < 4.78 is 20.7. The number of nitrogens with zero attached hydrogens (tertiary/aromatic N) is 1. The molecule has 5 nitrogen and oxygen atoms in total. The van der Waals surface area contributed by atoms with Gasteiger partial charge in [-0.2, -0.15) is 5.26 Å². The summed E-state index contributed by atoms with van der Waals surface area (Å²) in [7, 11) is -2.74. The largest absolute Gasteiger partial charge is 0.322 e. The van der Waals surface area contributed by atoms with Gasteiger partial charge in [-0.3, -0.25) is 4.79 Å². The first-order valence-electron chi connectivity index (χ1n) is 10.8. The Morgan fingerprint density at radius 3 is 2.16 bits per heavy atom. The normalized spacial score (nSPS) is 18.1. The van der Waals surface area contributed by atoms with Gasteiger partial charge in [0.1, 0.15) is 9.84 Å². The van der Waals surface area contributed by atoms with Gasteiger partial charge in [0, 0.05) is 17.5 Å². The lowest BCUT2D eigenvalue weighted by atomic mass is 9.87. The molecule has 6 heteroatoms. The molecule has 166 valence electrons. The second-order valence-corrected chi connectivity index (χ2v) is 11.0. The molecule has 0 radical (unpaired) electrons. The molecule has 0 aromatic heterocycles. The molecular formula is C25H32N2O3S. The summed E-state index contributed by atoms with van der Waals surface area (Å²) >= 11 is 0. The van der Waals surface area contributed by atoms with Crippen molar-refractivity contribution in [2.24, 2.45) is 5.92 Å². The fraction of sp³-hybridized carbons (Fsp3) is 0.440. The number of nitriles is 1. The highest BCUT2D eigenvalue weighted by Crippen LogP contribution is 2.41. The van der Waals surface area contributed by atoms with Crippen LogP contribution < -0.4 is 5.32 Å². The lowest BCUT2D eigenvalue weighted by molar-refractivity contribution is 0.102. The number of sulfone groups is 1. The lowest BCUT2D eigenvalue weighted by Crippen LogP contribution is -2.12. The van der Waals surface area contributed by atoms with E-state index in [4.69, 9.17) is 5.26 Å². The Morgan fingerprint density at radius 2 is 1.68 bits per heavy atom. The van der Waals surface area contributed by atoms with E-state index in [0.717, 1.165) is 11.6 Å². The molecule has 0 spiro atoms. The molecule has 2 aromatic rings. The highest BCUT2D eigenvalue weighted by molar-refractivity contribution is 7.91. The minimum Gasteiger partial charge on any atom is -0.322 e. The Kier molecular flexibility index (Phi) is 8.82. The van der Waals surface area contributed by atoms with E-state index in [9.17, 15) is 13.2 Å². The van der Waals surface area contributed by atoms with Crippen molar-refractivity contribution in [3.05, 3.63) is 65.2 Å². The van der Waals surface area contributed by atoms with E-state index in [2.05, 4.69) is 30.4 Å². The van der Waals surface area contributed by atoms with Crippen LogP contribution in [0.1, 0.15) is 73.9 Å². The van der Waals surface area contributed by atoms with Crippen molar-refractivity contribution in [3.63, 3.8) is 0 Å². The van der Waals surface area contributed by atoms with Crippen molar-refractivity contribution in [1.82, 2.24) is 0 Å². The van der Waals surface area contributed by atoms with Gasteiger partial charge in [0.25, 0.3) is 5.91 Å². The van der Waals surface area contributed by atoms with Gasteiger partial charge >= 0.3 is 0 Å². The Morgan fingerprint density at radius 1 is 1.10 bits per heavy atom. The van der Waals surface area contributed by atoms with Crippen molar-refractivity contribution in [3.8, 4) is 6.07 Å². The van der Waals surface area contributed by atoms with Gasteiger partial charge in [-0.25, -0.2) is 8.42 Å². The van der Waals surface area contributed by atoms with Crippen LogP contribution in [0.15, 0.2) is 48.5 Å². The topological polar surface area (TPSA) is 87.0 Å². The summed E-state index contributed by atoms with van der Waals surface area (Å²) in [4.78, 5) is 12.3. The molecule has 1 fully saturated rings. The number of rotatable bonds is 5. The van der Waals surface area contributed by atoms with Crippen molar-refractivity contribution in [2.75, 3.05) is 11.6 Å². The number of carbonyl (C=O) groups is 1. The number of amides is 1. The zero-order valence-electron chi connectivity index (χ0n) is 18.8. The molecule has 1 amide bonds. The van der Waals surface area contributed by atoms with Crippen LogP contribution in [-0.2, 0) is 9.84 Å². The number of benzene rings is 2. The number of hydrogen-bond acceptors (Lipinski definition) is 4. The standard InChI is InChI=1S/C21H22N2O.C4H10O2S/c1-2-16-4-3-5-20(16)17-10-12-19(13-11-17)23-21(24)18-8-6-15(14-22)7-9-18;1-4(2)7(3,5)6/h6-13,16,20H,2-5H2,1H3,(H,23,24);4H,1-3H3. The molecule has 1 aliphatic carbocycles. The summed E-state index contributed by atoms with van der Waals surface area (Å²) in [6, 6.07) is 17.0. The first kappa shape index (κ1) is 24.6. The monoisotopic (exact) mass is 440 g/mol. The molecular weight excluding hydrogens is 408 g/mol. The van der Waals surface area contributed by atoms with Crippen LogP contribution in [0.4, 0.5) is 5.69 Å². The number of hydrogen-bond donors (Lipinski definition) is 1. The molecule has 0 aliphatic heterocycles. The summed E-state index contributed by atoms with van der Waals surface area (Å²) in [5, 5.41) is 11.5. The fourth-order valence-electron chi connectivity index (χ4n) is 3.68. The highest BCUT2D eigenvalue weighted by atomic mass is 32.2. The summed E-state index contributed by atoms with van der Waals surface area (Å²) in [5.74, 6) is 1.31. The van der Waals surface area contributed by atoms with E-state index < -0.39 is 9.84 Å². The molecule has 3 rings (SSSR count). The molecule has 2 aromatic carbocycles. The van der Waals surface area contributed by atoms with E-state index in [-0.39, 0.29) is 11.2 Å². The molecule has 1 aliphatic rings. The van der Waals surface area contributed by atoms with Gasteiger partial charge in [0.15, 0.2) is 0 Å². The van der Waals surface area contributed by atoms with Crippen LogP contribution in [0.2, 0.25) is 0 Å².